The van der Waals surface area contributed by atoms with Gasteiger partial charge in [0.1, 0.15) is 13.2 Å². The van der Waals surface area contributed by atoms with Crippen molar-refractivity contribution in [1.29, 1.82) is 0 Å². The Balaban J connectivity index is 4.54. The Morgan fingerprint density at radius 2 is 0.641 bits per heavy atom. The first-order valence-electron chi connectivity index (χ1n) is 25.9. The lowest BCUT2D eigenvalue weighted by atomic mass is 10.0. The molecule has 0 fully saturated rings. The molecule has 0 spiro atoms. The number of ether oxygens (including phenoxy) is 3. The Morgan fingerprint density at radius 1 is 0.328 bits per heavy atom. The van der Waals surface area contributed by atoms with Crippen LogP contribution in [0.3, 0.4) is 0 Å². The topological polar surface area (TPSA) is 78.9 Å². The van der Waals surface area contributed by atoms with Gasteiger partial charge < -0.3 is 14.2 Å². The first kappa shape index (κ1) is 60.1. The summed E-state index contributed by atoms with van der Waals surface area (Å²) in [6, 6.07) is 0. The van der Waals surface area contributed by atoms with Crippen molar-refractivity contribution in [2.75, 3.05) is 13.2 Å². The molecule has 0 amide bonds. The van der Waals surface area contributed by atoms with E-state index in [1.165, 1.54) is 70.6 Å². The fourth-order valence-corrected chi connectivity index (χ4v) is 6.72. The fourth-order valence-electron chi connectivity index (χ4n) is 6.72. The lowest BCUT2D eigenvalue weighted by Crippen LogP contribution is -2.30. The second kappa shape index (κ2) is 51.7. The molecule has 0 rings (SSSR count). The number of hydrogen-bond acceptors (Lipinski definition) is 6. The van der Waals surface area contributed by atoms with Crippen molar-refractivity contribution in [3.63, 3.8) is 0 Å². The maximum atomic E-state index is 12.8. The summed E-state index contributed by atoms with van der Waals surface area (Å²) in [5.74, 6) is -1.03. The van der Waals surface area contributed by atoms with E-state index >= 15 is 0 Å². The van der Waals surface area contributed by atoms with Crippen LogP contribution >= 0.6 is 0 Å². The first-order valence-corrected chi connectivity index (χ1v) is 25.9. The summed E-state index contributed by atoms with van der Waals surface area (Å²) in [5.41, 5.74) is 0. The Labute approximate surface area is 393 Å². The fraction of sp³-hybridized carbons (Fsp3) is 0.638. The van der Waals surface area contributed by atoms with Gasteiger partial charge in [0.25, 0.3) is 0 Å². The Morgan fingerprint density at radius 3 is 1.05 bits per heavy atom. The van der Waals surface area contributed by atoms with Gasteiger partial charge in [0, 0.05) is 19.3 Å². The third-order valence-electron chi connectivity index (χ3n) is 10.5. The van der Waals surface area contributed by atoms with Crippen LogP contribution in [0.15, 0.2) is 109 Å². The van der Waals surface area contributed by atoms with Crippen LogP contribution in [-0.2, 0) is 28.6 Å². The van der Waals surface area contributed by atoms with Gasteiger partial charge in [-0.1, -0.05) is 220 Å². The zero-order valence-corrected chi connectivity index (χ0v) is 41.3. The van der Waals surface area contributed by atoms with Gasteiger partial charge in [0.15, 0.2) is 6.10 Å². The molecule has 0 aliphatic rings. The number of unbranched alkanes of at least 4 members (excludes halogenated alkanes) is 16. The van der Waals surface area contributed by atoms with E-state index in [0.717, 1.165) is 103 Å². The Kier molecular flexibility index (Phi) is 48.5. The summed E-state index contributed by atoms with van der Waals surface area (Å²) in [7, 11) is 0. The summed E-state index contributed by atoms with van der Waals surface area (Å²) in [6.07, 6.45) is 69.4. The van der Waals surface area contributed by atoms with Crippen molar-refractivity contribution in [3.05, 3.63) is 109 Å². The molecule has 0 aliphatic carbocycles. The van der Waals surface area contributed by atoms with Crippen molar-refractivity contribution >= 4 is 17.9 Å². The van der Waals surface area contributed by atoms with Crippen molar-refractivity contribution in [2.24, 2.45) is 0 Å². The normalized spacial score (nSPS) is 13.0. The molecular weight excluding hydrogens is 793 g/mol. The third-order valence-corrected chi connectivity index (χ3v) is 10.5. The highest BCUT2D eigenvalue weighted by Crippen LogP contribution is 2.14. The van der Waals surface area contributed by atoms with Gasteiger partial charge in [-0.15, -0.1) is 0 Å². The average molecular weight is 887 g/mol. The third kappa shape index (κ3) is 49.1. The van der Waals surface area contributed by atoms with Gasteiger partial charge in [0.05, 0.1) is 0 Å². The summed E-state index contributed by atoms with van der Waals surface area (Å²) < 4.78 is 16.7. The molecule has 0 saturated carbocycles. The van der Waals surface area contributed by atoms with Crippen LogP contribution in [0, 0.1) is 0 Å². The van der Waals surface area contributed by atoms with Gasteiger partial charge in [-0.25, -0.2) is 0 Å². The maximum Gasteiger partial charge on any atom is 0.306 e. The molecular formula is C58H94O6. The lowest BCUT2D eigenvalue weighted by molar-refractivity contribution is -0.166. The highest BCUT2D eigenvalue weighted by Gasteiger charge is 2.19. The summed E-state index contributed by atoms with van der Waals surface area (Å²) in [6.45, 7) is 6.31. The van der Waals surface area contributed by atoms with E-state index < -0.39 is 6.10 Å². The standard InChI is InChI=1S/C58H94O6/c1-4-7-10-13-16-19-22-25-27-28-29-30-31-34-36-39-42-45-48-51-57(60)63-54-55(53-62-56(59)50-47-44-41-38-35-32-24-21-18-15-12-9-6-3)64-58(61)52-49-46-43-40-37-33-26-23-20-17-14-11-8-5-2/h7,9-10,12,16,18-19,21,25,27,29-30,32,34-36,42,45,55H,4-6,8,11,13-15,17,20,22-24,26,28,31,33,37-41,43-44,46-54H2,1-3H3/b10-7-,12-9-,19-16-,21-18-,27-25-,30-29-,35-32-,36-34-,45-42-. The SMILES string of the molecule is CC/C=C\C/C=C\C/C=C\C/C=C\C/C=C\C/C=C\CCC(=O)OCC(COC(=O)CCCCC/C=C\C/C=C\C/C=C\CC)OC(=O)CCCCCCCCCCCCCCCC. The number of esters is 3. The molecule has 0 saturated heterocycles. The van der Waals surface area contributed by atoms with E-state index in [1.807, 2.05) is 12.2 Å². The van der Waals surface area contributed by atoms with Crippen molar-refractivity contribution in [1.82, 2.24) is 0 Å². The number of allylic oxidation sites excluding steroid dienone is 18. The van der Waals surface area contributed by atoms with Gasteiger partial charge >= 0.3 is 17.9 Å². The van der Waals surface area contributed by atoms with E-state index in [1.54, 1.807) is 0 Å². The van der Waals surface area contributed by atoms with E-state index in [2.05, 4.69) is 118 Å². The second-order valence-electron chi connectivity index (χ2n) is 16.7. The molecule has 6 heteroatoms. The Hall–Kier alpha value is -3.93. The van der Waals surface area contributed by atoms with E-state index in [-0.39, 0.29) is 37.5 Å². The highest BCUT2D eigenvalue weighted by atomic mass is 16.6. The van der Waals surface area contributed by atoms with Gasteiger partial charge in [-0.3, -0.25) is 14.4 Å². The number of rotatable bonds is 45. The maximum absolute atomic E-state index is 12.8. The monoisotopic (exact) mass is 887 g/mol. The molecule has 0 heterocycles. The molecule has 0 bridgehead atoms. The van der Waals surface area contributed by atoms with Crippen LogP contribution in [0.4, 0.5) is 0 Å². The largest absolute Gasteiger partial charge is 0.462 e. The summed E-state index contributed by atoms with van der Waals surface area (Å²) in [5, 5.41) is 0. The van der Waals surface area contributed by atoms with Gasteiger partial charge in [-0.05, 0) is 89.9 Å². The van der Waals surface area contributed by atoms with E-state index in [9.17, 15) is 14.4 Å². The Bertz CT molecular complexity index is 1340. The second-order valence-corrected chi connectivity index (χ2v) is 16.7. The lowest BCUT2D eigenvalue weighted by Gasteiger charge is -2.18. The predicted molar refractivity (Wildman–Crippen MR) is 274 cm³/mol. The summed E-state index contributed by atoms with van der Waals surface area (Å²) >= 11 is 0. The minimum atomic E-state index is -0.820. The molecule has 0 aromatic rings. The van der Waals surface area contributed by atoms with E-state index in [0.29, 0.717) is 19.3 Å². The number of hydrogen-bond donors (Lipinski definition) is 0. The zero-order valence-electron chi connectivity index (χ0n) is 41.3. The number of carbonyl (C=O) groups is 3. The molecule has 0 aliphatic heterocycles. The van der Waals surface area contributed by atoms with Crippen LogP contribution in [0.2, 0.25) is 0 Å². The molecule has 362 valence electrons. The van der Waals surface area contributed by atoms with Crippen molar-refractivity contribution < 1.29 is 28.6 Å². The molecule has 0 radical (unpaired) electrons. The predicted octanol–water partition coefficient (Wildman–Crippen LogP) is 17.1. The average Bonchev–Trinajstić information content (AvgIpc) is 3.29. The molecule has 0 aromatic carbocycles. The zero-order chi connectivity index (χ0) is 46.5. The van der Waals surface area contributed by atoms with Crippen molar-refractivity contribution in [3.8, 4) is 0 Å². The number of carbonyl (C=O) groups excluding carboxylic acids is 3. The van der Waals surface area contributed by atoms with Crippen molar-refractivity contribution in [2.45, 2.75) is 226 Å². The minimum Gasteiger partial charge on any atom is -0.462 e. The quantitative estimate of drug-likeness (QED) is 0.0262. The molecule has 6 nitrogen and oxygen atoms in total. The van der Waals surface area contributed by atoms with Gasteiger partial charge in [0.2, 0.25) is 0 Å². The molecule has 0 N–H and O–H groups in total. The molecule has 1 atom stereocenters. The molecule has 1 unspecified atom stereocenters. The van der Waals surface area contributed by atoms with Gasteiger partial charge in [-0.2, -0.15) is 0 Å². The summed E-state index contributed by atoms with van der Waals surface area (Å²) in [4.78, 5) is 37.9. The van der Waals surface area contributed by atoms with Crippen LogP contribution in [0.25, 0.3) is 0 Å². The molecule has 0 aromatic heterocycles. The van der Waals surface area contributed by atoms with Crippen LogP contribution in [0.5, 0.6) is 0 Å². The van der Waals surface area contributed by atoms with Crippen LogP contribution in [-0.4, -0.2) is 37.2 Å². The van der Waals surface area contributed by atoms with Crippen LogP contribution in [0.1, 0.15) is 220 Å². The molecule has 64 heavy (non-hydrogen) atoms. The van der Waals surface area contributed by atoms with Crippen LogP contribution < -0.4 is 0 Å². The smallest absolute Gasteiger partial charge is 0.306 e. The van der Waals surface area contributed by atoms with E-state index in [4.69, 9.17) is 14.2 Å². The minimum absolute atomic E-state index is 0.117. The first-order chi connectivity index (χ1) is 31.5. The highest BCUT2D eigenvalue weighted by molar-refractivity contribution is 5.71.